The Morgan fingerprint density at radius 3 is 2.61 bits per heavy atom. The van der Waals surface area contributed by atoms with Crippen molar-refractivity contribution >= 4 is 28.3 Å². The minimum atomic E-state index is -1.16. The summed E-state index contributed by atoms with van der Waals surface area (Å²) in [4.78, 5) is 28.3. The van der Waals surface area contributed by atoms with Crippen molar-refractivity contribution in [1.29, 1.82) is 0 Å². The number of benzene rings is 2. The monoisotopic (exact) mass is 406 g/mol. The Morgan fingerprint density at radius 1 is 1.11 bits per heavy atom. The van der Waals surface area contributed by atoms with Crippen LogP contribution in [0.2, 0.25) is 0 Å². The van der Waals surface area contributed by atoms with Crippen LogP contribution in [0.3, 0.4) is 0 Å². The Labute approximate surface area is 161 Å². The fourth-order valence-corrected chi connectivity index (χ4v) is 2.95. The number of hydrogen-bond acceptors (Lipinski definition) is 5. The van der Waals surface area contributed by atoms with Gasteiger partial charge in [-0.2, -0.15) is 0 Å². The second-order valence-corrected chi connectivity index (χ2v) is 6.57. The lowest BCUT2D eigenvalue weighted by Gasteiger charge is -2.12. The van der Waals surface area contributed by atoms with Crippen molar-refractivity contribution in [3.8, 4) is 11.3 Å². The van der Waals surface area contributed by atoms with Crippen molar-refractivity contribution in [2.45, 2.75) is 13.0 Å². The van der Waals surface area contributed by atoms with E-state index in [0.717, 1.165) is 29.5 Å². The predicted molar refractivity (Wildman–Crippen MR) is 97.4 cm³/mol. The molecule has 9 heteroatoms. The molecule has 0 aliphatic carbocycles. The first-order valence-corrected chi connectivity index (χ1v) is 8.90. The number of thiazole rings is 1. The van der Waals surface area contributed by atoms with Crippen molar-refractivity contribution < 1.29 is 27.5 Å². The van der Waals surface area contributed by atoms with E-state index in [2.05, 4.69) is 10.3 Å². The molecule has 1 aromatic heterocycles. The summed E-state index contributed by atoms with van der Waals surface area (Å²) in [7, 11) is 0. The van der Waals surface area contributed by atoms with E-state index in [9.17, 15) is 22.8 Å². The van der Waals surface area contributed by atoms with Crippen molar-refractivity contribution in [2.24, 2.45) is 0 Å². The van der Waals surface area contributed by atoms with Crippen LogP contribution in [0, 0.1) is 17.5 Å². The molecule has 2 aromatic carbocycles. The zero-order chi connectivity index (χ0) is 20.3. The van der Waals surface area contributed by atoms with Gasteiger partial charge < -0.3 is 4.74 Å². The molecular weight excluding hydrogens is 393 g/mol. The SMILES string of the molecule is C[C@H](OC(=O)c1cccc(F)c1)C(=O)Nc1nc(-c2ccc(F)c(F)c2)cs1. The molecular formula is C19H13F3N2O3S. The molecule has 0 aliphatic rings. The average molecular weight is 406 g/mol. The summed E-state index contributed by atoms with van der Waals surface area (Å²) in [5.41, 5.74) is 0.680. The zero-order valence-electron chi connectivity index (χ0n) is 14.4. The third-order valence-electron chi connectivity index (χ3n) is 3.66. The Balaban J connectivity index is 1.63. The number of hydrogen-bond donors (Lipinski definition) is 1. The fraction of sp³-hybridized carbons (Fsp3) is 0.105. The molecule has 1 atom stereocenters. The minimum absolute atomic E-state index is 0.0190. The number of esters is 1. The minimum Gasteiger partial charge on any atom is -0.449 e. The molecule has 0 saturated heterocycles. The average Bonchev–Trinajstić information content (AvgIpc) is 3.12. The molecule has 28 heavy (non-hydrogen) atoms. The van der Waals surface area contributed by atoms with Crippen molar-refractivity contribution in [3.63, 3.8) is 0 Å². The summed E-state index contributed by atoms with van der Waals surface area (Å²) in [5.74, 6) is -4.06. The number of aromatic nitrogens is 1. The third kappa shape index (κ3) is 4.55. The second kappa shape index (κ2) is 8.22. The molecule has 0 aliphatic heterocycles. The quantitative estimate of drug-likeness (QED) is 0.638. The molecule has 0 radical (unpaired) electrons. The molecule has 144 valence electrons. The van der Waals surface area contributed by atoms with Gasteiger partial charge in [-0.25, -0.2) is 22.9 Å². The van der Waals surface area contributed by atoms with E-state index in [1.165, 1.54) is 31.2 Å². The van der Waals surface area contributed by atoms with Gasteiger partial charge in [0.2, 0.25) is 0 Å². The third-order valence-corrected chi connectivity index (χ3v) is 4.42. The zero-order valence-corrected chi connectivity index (χ0v) is 15.2. The maximum absolute atomic E-state index is 13.3. The van der Waals surface area contributed by atoms with Crippen molar-refractivity contribution in [3.05, 3.63) is 70.9 Å². The molecule has 1 N–H and O–H groups in total. The van der Waals surface area contributed by atoms with Crippen LogP contribution in [0.25, 0.3) is 11.3 Å². The normalized spacial score (nSPS) is 11.7. The lowest BCUT2D eigenvalue weighted by atomic mass is 10.2. The van der Waals surface area contributed by atoms with Crippen molar-refractivity contribution in [2.75, 3.05) is 5.32 Å². The van der Waals surface area contributed by atoms with E-state index in [4.69, 9.17) is 4.74 Å². The Kier molecular flexibility index (Phi) is 5.74. The van der Waals surface area contributed by atoms with E-state index >= 15 is 0 Å². The topological polar surface area (TPSA) is 68.3 Å². The van der Waals surface area contributed by atoms with Gasteiger partial charge in [0.25, 0.3) is 5.91 Å². The molecule has 0 fully saturated rings. The van der Waals surface area contributed by atoms with Crippen LogP contribution in [0.5, 0.6) is 0 Å². The Morgan fingerprint density at radius 2 is 1.89 bits per heavy atom. The number of rotatable bonds is 5. The van der Waals surface area contributed by atoms with Crippen LogP contribution in [0.15, 0.2) is 47.8 Å². The number of carbonyl (C=O) groups excluding carboxylic acids is 2. The number of amides is 1. The van der Waals surface area contributed by atoms with E-state index in [1.54, 1.807) is 5.38 Å². The van der Waals surface area contributed by atoms with Crippen LogP contribution < -0.4 is 5.32 Å². The maximum atomic E-state index is 13.3. The molecule has 1 amide bonds. The second-order valence-electron chi connectivity index (χ2n) is 5.71. The predicted octanol–water partition coefficient (Wildman–Crippen LogP) is 4.41. The number of nitrogens with one attached hydrogen (secondary N) is 1. The van der Waals surface area contributed by atoms with Gasteiger partial charge in [0.15, 0.2) is 22.9 Å². The van der Waals surface area contributed by atoms with E-state index in [0.29, 0.717) is 11.3 Å². The Bertz CT molecular complexity index is 1040. The highest BCUT2D eigenvalue weighted by Crippen LogP contribution is 2.26. The molecule has 0 spiro atoms. The standard InChI is InChI=1S/C19H13F3N2O3S/c1-10(27-18(26)12-3-2-4-13(20)7-12)17(25)24-19-23-16(9-28-19)11-5-6-14(21)15(22)8-11/h2-10H,1H3,(H,23,24,25)/t10-/m0/s1. The number of carbonyl (C=O) groups is 2. The fourth-order valence-electron chi connectivity index (χ4n) is 2.22. The summed E-state index contributed by atoms with van der Waals surface area (Å²) in [6.07, 6.45) is -1.16. The van der Waals surface area contributed by atoms with Gasteiger partial charge in [0, 0.05) is 10.9 Å². The summed E-state index contributed by atoms with van der Waals surface area (Å²) >= 11 is 1.07. The molecule has 0 saturated carbocycles. The number of halogens is 3. The van der Waals surface area contributed by atoms with Gasteiger partial charge in [0.05, 0.1) is 11.3 Å². The largest absolute Gasteiger partial charge is 0.449 e. The highest BCUT2D eigenvalue weighted by molar-refractivity contribution is 7.14. The van der Waals surface area contributed by atoms with Crippen LogP contribution in [-0.2, 0) is 9.53 Å². The number of anilines is 1. The molecule has 5 nitrogen and oxygen atoms in total. The molecule has 0 unspecified atom stereocenters. The van der Waals surface area contributed by atoms with Crippen LogP contribution >= 0.6 is 11.3 Å². The van der Waals surface area contributed by atoms with Gasteiger partial charge in [-0.1, -0.05) is 6.07 Å². The molecule has 3 rings (SSSR count). The van der Waals surface area contributed by atoms with E-state index in [1.807, 2.05) is 0 Å². The van der Waals surface area contributed by atoms with Gasteiger partial charge >= 0.3 is 5.97 Å². The van der Waals surface area contributed by atoms with Gasteiger partial charge in [-0.3, -0.25) is 10.1 Å². The maximum Gasteiger partial charge on any atom is 0.339 e. The summed E-state index contributed by atoms with van der Waals surface area (Å²) in [6, 6.07) is 8.25. The lowest BCUT2D eigenvalue weighted by molar-refractivity contribution is -0.123. The van der Waals surface area contributed by atoms with Crippen LogP contribution in [-0.4, -0.2) is 23.0 Å². The smallest absolute Gasteiger partial charge is 0.339 e. The van der Waals surface area contributed by atoms with E-state index in [-0.39, 0.29) is 10.7 Å². The number of nitrogens with zero attached hydrogens (tertiary/aromatic N) is 1. The van der Waals surface area contributed by atoms with Gasteiger partial charge in [-0.15, -0.1) is 11.3 Å². The number of ether oxygens (including phenoxy) is 1. The first-order chi connectivity index (χ1) is 13.3. The van der Waals surface area contributed by atoms with Gasteiger partial charge in [0.1, 0.15) is 5.82 Å². The molecule has 1 heterocycles. The molecule has 3 aromatic rings. The lowest BCUT2D eigenvalue weighted by Crippen LogP contribution is -2.30. The van der Waals surface area contributed by atoms with Crippen molar-refractivity contribution in [1.82, 2.24) is 4.98 Å². The highest BCUT2D eigenvalue weighted by Gasteiger charge is 2.20. The Hall–Kier alpha value is -3.20. The van der Waals surface area contributed by atoms with Gasteiger partial charge in [-0.05, 0) is 43.3 Å². The van der Waals surface area contributed by atoms with Crippen LogP contribution in [0.4, 0.5) is 18.3 Å². The first kappa shape index (κ1) is 19.6. The molecule has 0 bridgehead atoms. The first-order valence-electron chi connectivity index (χ1n) is 8.02. The highest BCUT2D eigenvalue weighted by atomic mass is 32.1. The summed E-state index contributed by atoms with van der Waals surface area (Å²) in [6.45, 7) is 1.36. The van der Waals surface area contributed by atoms with E-state index < -0.39 is 35.4 Å². The van der Waals surface area contributed by atoms with Crippen LogP contribution in [0.1, 0.15) is 17.3 Å². The summed E-state index contributed by atoms with van der Waals surface area (Å²) in [5, 5.41) is 4.23. The summed E-state index contributed by atoms with van der Waals surface area (Å²) < 4.78 is 44.5.